The fraction of sp³-hybridized carbons (Fsp3) is 0.429. The van der Waals surface area contributed by atoms with Gasteiger partial charge >= 0.3 is 0 Å². The predicted molar refractivity (Wildman–Crippen MR) is 81.4 cm³/mol. The van der Waals surface area contributed by atoms with E-state index in [0.29, 0.717) is 6.04 Å². The normalized spacial score (nSPS) is 12.7. The van der Waals surface area contributed by atoms with E-state index in [1.807, 2.05) is 22.7 Å². The maximum Gasteiger partial charge on any atom is 0.0463 e. The summed E-state index contributed by atoms with van der Waals surface area (Å²) in [7, 11) is 0. The van der Waals surface area contributed by atoms with Gasteiger partial charge < -0.3 is 11.1 Å². The lowest BCUT2D eigenvalue weighted by Gasteiger charge is -2.16. The molecule has 0 aliphatic carbocycles. The van der Waals surface area contributed by atoms with Crippen molar-refractivity contribution in [3.8, 4) is 0 Å². The standard InChI is InChI=1S/C14H20N2S2/c15-7-1-2-8-16-13(14-6-4-10-18-14)11-12-5-3-9-17-12/h3-6,9-10,13,16H,1-2,7-8,11,15H2. The van der Waals surface area contributed by atoms with Crippen molar-refractivity contribution in [2.24, 2.45) is 5.73 Å². The van der Waals surface area contributed by atoms with E-state index in [1.54, 1.807) is 0 Å². The highest BCUT2D eigenvalue weighted by Gasteiger charge is 2.12. The fourth-order valence-corrected chi connectivity index (χ4v) is 3.49. The van der Waals surface area contributed by atoms with E-state index in [4.69, 9.17) is 5.73 Å². The van der Waals surface area contributed by atoms with Crippen molar-refractivity contribution < 1.29 is 0 Å². The van der Waals surface area contributed by atoms with Gasteiger partial charge in [0.05, 0.1) is 0 Å². The Hall–Kier alpha value is -0.680. The first-order chi connectivity index (χ1) is 8.90. The highest BCUT2D eigenvalue weighted by Crippen LogP contribution is 2.24. The number of hydrogen-bond donors (Lipinski definition) is 2. The number of nitrogens with two attached hydrogens (primary N) is 1. The fourth-order valence-electron chi connectivity index (χ4n) is 1.94. The zero-order valence-corrected chi connectivity index (χ0v) is 12.1. The molecule has 0 saturated carbocycles. The van der Waals surface area contributed by atoms with E-state index in [9.17, 15) is 0 Å². The summed E-state index contributed by atoms with van der Waals surface area (Å²) in [6.07, 6.45) is 3.34. The smallest absolute Gasteiger partial charge is 0.0463 e. The first-order valence-electron chi connectivity index (χ1n) is 6.39. The molecule has 0 saturated heterocycles. The second kappa shape index (κ2) is 7.69. The van der Waals surface area contributed by atoms with Crippen molar-refractivity contribution in [3.05, 3.63) is 44.8 Å². The summed E-state index contributed by atoms with van der Waals surface area (Å²) in [5.74, 6) is 0. The van der Waals surface area contributed by atoms with Crippen molar-refractivity contribution >= 4 is 22.7 Å². The first kappa shape index (κ1) is 13.7. The predicted octanol–water partition coefficient (Wildman–Crippen LogP) is 3.42. The number of thiophene rings is 2. The lowest BCUT2D eigenvalue weighted by molar-refractivity contribution is 0.523. The number of nitrogens with one attached hydrogen (secondary N) is 1. The zero-order valence-electron chi connectivity index (χ0n) is 10.5. The largest absolute Gasteiger partial charge is 0.330 e. The van der Waals surface area contributed by atoms with Crippen LogP contribution in [0.3, 0.4) is 0 Å². The van der Waals surface area contributed by atoms with Gasteiger partial charge in [0.1, 0.15) is 0 Å². The Bertz CT molecular complexity index is 409. The van der Waals surface area contributed by atoms with Crippen molar-refractivity contribution in [2.75, 3.05) is 13.1 Å². The Morgan fingerprint density at radius 2 is 1.94 bits per heavy atom. The van der Waals surface area contributed by atoms with Crippen LogP contribution in [0.1, 0.15) is 28.6 Å². The zero-order chi connectivity index (χ0) is 12.6. The molecule has 2 heterocycles. The summed E-state index contributed by atoms with van der Waals surface area (Å²) in [4.78, 5) is 2.87. The first-order valence-corrected chi connectivity index (χ1v) is 8.15. The molecule has 0 fully saturated rings. The minimum Gasteiger partial charge on any atom is -0.330 e. The minimum absolute atomic E-state index is 0.446. The molecule has 1 unspecified atom stereocenters. The van der Waals surface area contributed by atoms with Gasteiger partial charge in [0, 0.05) is 22.2 Å². The Kier molecular flexibility index (Phi) is 5.87. The van der Waals surface area contributed by atoms with E-state index < -0.39 is 0 Å². The molecule has 0 spiro atoms. The van der Waals surface area contributed by atoms with Crippen LogP contribution in [0, 0.1) is 0 Å². The molecule has 4 heteroatoms. The minimum atomic E-state index is 0.446. The molecule has 2 nitrogen and oxygen atoms in total. The second-order valence-corrected chi connectivity index (χ2v) is 6.31. The van der Waals surface area contributed by atoms with Gasteiger partial charge in [-0.3, -0.25) is 0 Å². The van der Waals surface area contributed by atoms with Gasteiger partial charge in [0.25, 0.3) is 0 Å². The molecule has 0 radical (unpaired) electrons. The van der Waals surface area contributed by atoms with Gasteiger partial charge in [0.2, 0.25) is 0 Å². The molecular weight excluding hydrogens is 260 g/mol. The molecule has 0 aromatic carbocycles. The molecule has 0 amide bonds. The van der Waals surface area contributed by atoms with Crippen molar-refractivity contribution in [1.29, 1.82) is 0 Å². The molecule has 98 valence electrons. The van der Waals surface area contributed by atoms with Gasteiger partial charge in [-0.2, -0.15) is 0 Å². The monoisotopic (exact) mass is 280 g/mol. The van der Waals surface area contributed by atoms with Crippen LogP contribution in [-0.2, 0) is 6.42 Å². The third-order valence-electron chi connectivity index (χ3n) is 2.89. The van der Waals surface area contributed by atoms with Crippen molar-refractivity contribution in [1.82, 2.24) is 5.32 Å². The Balaban J connectivity index is 1.91. The van der Waals surface area contributed by atoms with Crippen LogP contribution < -0.4 is 11.1 Å². The van der Waals surface area contributed by atoms with Crippen LogP contribution in [0.25, 0.3) is 0 Å². The van der Waals surface area contributed by atoms with Gasteiger partial charge in [0.15, 0.2) is 0 Å². The Morgan fingerprint density at radius 1 is 1.11 bits per heavy atom. The van der Waals surface area contributed by atoms with E-state index in [1.165, 1.54) is 9.75 Å². The van der Waals surface area contributed by atoms with Gasteiger partial charge in [-0.05, 0) is 48.8 Å². The van der Waals surface area contributed by atoms with Crippen LogP contribution in [0.5, 0.6) is 0 Å². The molecule has 18 heavy (non-hydrogen) atoms. The van der Waals surface area contributed by atoms with Gasteiger partial charge in [-0.25, -0.2) is 0 Å². The van der Waals surface area contributed by atoms with Crippen LogP contribution in [0.4, 0.5) is 0 Å². The third kappa shape index (κ3) is 4.21. The average molecular weight is 280 g/mol. The molecule has 0 bridgehead atoms. The molecule has 0 aliphatic heterocycles. The lowest BCUT2D eigenvalue weighted by atomic mass is 10.1. The summed E-state index contributed by atoms with van der Waals surface area (Å²) >= 11 is 3.67. The van der Waals surface area contributed by atoms with Crippen molar-refractivity contribution in [3.63, 3.8) is 0 Å². The highest BCUT2D eigenvalue weighted by molar-refractivity contribution is 7.10. The number of rotatable bonds is 8. The summed E-state index contributed by atoms with van der Waals surface area (Å²) in [5, 5.41) is 7.96. The van der Waals surface area contributed by atoms with Crippen LogP contribution in [0.2, 0.25) is 0 Å². The van der Waals surface area contributed by atoms with E-state index in [0.717, 1.165) is 32.4 Å². The van der Waals surface area contributed by atoms with E-state index in [2.05, 4.69) is 40.3 Å². The molecule has 2 aromatic heterocycles. The lowest BCUT2D eigenvalue weighted by Crippen LogP contribution is -2.23. The number of hydrogen-bond acceptors (Lipinski definition) is 4. The highest BCUT2D eigenvalue weighted by atomic mass is 32.1. The van der Waals surface area contributed by atoms with Crippen molar-refractivity contribution in [2.45, 2.75) is 25.3 Å². The third-order valence-corrected chi connectivity index (χ3v) is 4.78. The molecule has 2 rings (SSSR count). The van der Waals surface area contributed by atoms with Crippen LogP contribution >= 0.6 is 22.7 Å². The average Bonchev–Trinajstić information content (AvgIpc) is 3.05. The summed E-state index contributed by atoms with van der Waals surface area (Å²) in [6.45, 7) is 1.83. The number of unbranched alkanes of at least 4 members (excludes halogenated alkanes) is 1. The van der Waals surface area contributed by atoms with Gasteiger partial charge in [-0.1, -0.05) is 12.1 Å². The SMILES string of the molecule is NCCCCNC(Cc1cccs1)c1cccs1. The summed E-state index contributed by atoms with van der Waals surface area (Å²) in [5.41, 5.74) is 5.53. The quantitative estimate of drug-likeness (QED) is 0.727. The maximum absolute atomic E-state index is 5.53. The Labute approximate surface area is 117 Å². The van der Waals surface area contributed by atoms with Crippen LogP contribution in [0.15, 0.2) is 35.0 Å². The molecular formula is C14H20N2S2. The molecule has 1 atom stereocenters. The van der Waals surface area contributed by atoms with E-state index >= 15 is 0 Å². The summed E-state index contributed by atoms with van der Waals surface area (Å²) < 4.78 is 0. The van der Waals surface area contributed by atoms with E-state index in [-0.39, 0.29) is 0 Å². The van der Waals surface area contributed by atoms with Gasteiger partial charge in [-0.15, -0.1) is 22.7 Å². The molecule has 2 aromatic rings. The molecule has 0 aliphatic rings. The molecule has 3 N–H and O–H groups in total. The summed E-state index contributed by atoms with van der Waals surface area (Å²) in [6, 6.07) is 9.13. The Morgan fingerprint density at radius 3 is 2.61 bits per heavy atom. The van der Waals surface area contributed by atoms with Crippen LogP contribution in [-0.4, -0.2) is 13.1 Å². The maximum atomic E-state index is 5.53. The topological polar surface area (TPSA) is 38.0 Å². The second-order valence-electron chi connectivity index (χ2n) is 4.30.